The molecule has 150 valence electrons. The Bertz CT molecular complexity index is 813. The van der Waals surface area contributed by atoms with Crippen LogP contribution in [0.3, 0.4) is 0 Å². The van der Waals surface area contributed by atoms with E-state index in [0.717, 1.165) is 18.6 Å². The number of halogens is 2. The normalized spacial score (nSPS) is 11.7. The first-order chi connectivity index (χ1) is 13.4. The van der Waals surface area contributed by atoms with E-state index < -0.39 is 11.9 Å². The Morgan fingerprint density at radius 2 is 1.82 bits per heavy atom. The van der Waals surface area contributed by atoms with Crippen LogP contribution in [0.25, 0.3) is 0 Å². The molecule has 0 spiro atoms. The molecule has 1 atom stereocenters. The average molecular weight is 439 g/mol. The van der Waals surface area contributed by atoms with Crippen molar-refractivity contribution in [3.63, 3.8) is 0 Å². The number of hydrogen-bond acceptors (Lipinski definition) is 3. The smallest absolute Gasteiger partial charge is 0.253 e. The van der Waals surface area contributed by atoms with Crippen molar-refractivity contribution in [1.82, 2.24) is 5.32 Å². The monoisotopic (exact) mass is 438 g/mol. The summed E-state index contributed by atoms with van der Waals surface area (Å²) in [6, 6.07) is 11.8. The number of hydrogen-bond donors (Lipinski definition) is 2. The summed E-state index contributed by atoms with van der Waals surface area (Å²) in [5.41, 5.74) is 2.22. The number of benzene rings is 2. The summed E-state index contributed by atoms with van der Waals surface area (Å²) in [5, 5.41) is 6.37. The fraction of sp³-hybridized carbons (Fsp3) is 0.333. The lowest BCUT2D eigenvalue weighted by molar-refractivity contribution is -0.118. The van der Waals surface area contributed by atoms with Crippen LogP contribution in [0, 0.1) is 0 Å². The molecule has 7 heteroatoms. The maximum absolute atomic E-state index is 12.7. The van der Waals surface area contributed by atoms with Gasteiger partial charge in [-0.05, 0) is 60.7 Å². The van der Waals surface area contributed by atoms with Gasteiger partial charge in [0.1, 0.15) is 6.04 Å². The van der Waals surface area contributed by atoms with Crippen LogP contribution < -0.4 is 10.6 Å². The lowest BCUT2D eigenvalue weighted by Crippen LogP contribution is -2.44. The van der Waals surface area contributed by atoms with Crippen molar-refractivity contribution in [2.45, 2.75) is 32.2 Å². The SMILES string of the molecule is CCCc1ccc(NC(=O)[C@H](CCSC)NC(=O)c2ccc(Cl)cc2Cl)cc1. The number of rotatable bonds is 9. The highest BCUT2D eigenvalue weighted by atomic mass is 35.5. The summed E-state index contributed by atoms with van der Waals surface area (Å²) in [6.07, 6.45) is 4.54. The van der Waals surface area contributed by atoms with Crippen LogP contribution in [-0.2, 0) is 11.2 Å². The molecule has 4 nitrogen and oxygen atoms in total. The van der Waals surface area contributed by atoms with Gasteiger partial charge in [0.15, 0.2) is 0 Å². The molecule has 0 saturated carbocycles. The van der Waals surface area contributed by atoms with Gasteiger partial charge in [-0.25, -0.2) is 0 Å². The van der Waals surface area contributed by atoms with E-state index in [0.29, 0.717) is 17.1 Å². The summed E-state index contributed by atoms with van der Waals surface area (Å²) >= 11 is 13.6. The fourth-order valence-electron chi connectivity index (χ4n) is 2.69. The van der Waals surface area contributed by atoms with Crippen molar-refractivity contribution >= 4 is 52.5 Å². The highest BCUT2D eigenvalue weighted by Gasteiger charge is 2.22. The fourth-order valence-corrected chi connectivity index (χ4v) is 3.65. The Morgan fingerprint density at radius 1 is 1.11 bits per heavy atom. The van der Waals surface area contributed by atoms with E-state index in [2.05, 4.69) is 17.6 Å². The summed E-state index contributed by atoms with van der Waals surface area (Å²) in [6.45, 7) is 2.13. The van der Waals surface area contributed by atoms with Crippen LogP contribution in [0.2, 0.25) is 10.0 Å². The molecule has 0 aliphatic heterocycles. The molecule has 0 radical (unpaired) electrons. The first-order valence-corrected chi connectivity index (χ1v) is 11.2. The molecule has 0 unspecified atom stereocenters. The predicted molar refractivity (Wildman–Crippen MR) is 120 cm³/mol. The molecule has 0 aliphatic rings. The third kappa shape index (κ3) is 6.73. The van der Waals surface area contributed by atoms with E-state index in [1.807, 2.05) is 30.5 Å². The van der Waals surface area contributed by atoms with Crippen LogP contribution in [0.5, 0.6) is 0 Å². The Kier molecular flexibility index (Phi) is 9.16. The first kappa shape index (κ1) is 22.6. The summed E-state index contributed by atoms with van der Waals surface area (Å²) in [4.78, 5) is 25.3. The average Bonchev–Trinajstić information content (AvgIpc) is 2.66. The molecule has 0 fully saturated rings. The number of amides is 2. The number of carbonyl (C=O) groups is 2. The Hall–Kier alpha value is -1.69. The number of thioether (sulfide) groups is 1. The summed E-state index contributed by atoms with van der Waals surface area (Å²) in [7, 11) is 0. The van der Waals surface area contributed by atoms with Gasteiger partial charge in [-0.15, -0.1) is 0 Å². The molecule has 0 aliphatic carbocycles. The molecule has 2 aromatic carbocycles. The molecule has 2 rings (SSSR count). The zero-order valence-corrected chi connectivity index (χ0v) is 18.3. The molecule has 0 saturated heterocycles. The van der Waals surface area contributed by atoms with Gasteiger partial charge in [-0.3, -0.25) is 9.59 Å². The largest absolute Gasteiger partial charge is 0.340 e. The van der Waals surface area contributed by atoms with E-state index in [-0.39, 0.29) is 16.5 Å². The zero-order valence-electron chi connectivity index (χ0n) is 15.9. The molecule has 0 heterocycles. The second kappa shape index (κ2) is 11.3. The predicted octanol–water partition coefficient (Wildman–Crippen LogP) is 5.44. The van der Waals surface area contributed by atoms with Gasteiger partial charge in [-0.1, -0.05) is 48.7 Å². The van der Waals surface area contributed by atoms with Crippen molar-refractivity contribution in [2.75, 3.05) is 17.3 Å². The molecule has 28 heavy (non-hydrogen) atoms. The maximum atomic E-state index is 12.7. The molecule has 2 N–H and O–H groups in total. The van der Waals surface area contributed by atoms with Gasteiger partial charge in [0.2, 0.25) is 5.91 Å². The van der Waals surface area contributed by atoms with Gasteiger partial charge >= 0.3 is 0 Å². The number of anilines is 1. The van der Waals surface area contributed by atoms with Gasteiger partial charge in [0.05, 0.1) is 10.6 Å². The van der Waals surface area contributed by atoms with Crippen LogP contribution >= 0.6 is 35.0 Å². The topological polar surface area (TPSA) is 58.2 Å². The van der Waals surface area contributed by atoms with Crippen molar-refractivity contribution in [3.8, 4) is 0 Å². The first-order valence-electron chi connectivity index (χ1n) is 9.09. The van der Waals surface area contributed by atoms with Gasteiger partial charge in [0.25, 0.3) is 5.91 Å². The van der Waals surface area contributed by atoms with Crippen LogP contribution in [0.1, 0.15) is 35.7 Å². The van der Waals surface area contributed by atoms with E-state index >= 15 is 0 Å². The summed E-state index contributed by atoms with van der Waals surface area (Å²) in [5.74, 6) is 0.0826. The van der Waals surface area contributed by atoms with E-state index in [1.165, 1.54) is 11.6 Å². The second-order valence-corrected chi connectivity index (χ2v) is 8.20. The lowest BCUT2D eigenvalue weighted by atomic mass is 10.1. The van der Waals surface area contributed by atoms with Crippen molar-refractivity contribution in [1.29, 1.82) is 0 Å². The third-order valence-corrected chi connectivity index (χ3v) is 5.36. The van der Waals surface area contributed by atoms with Crippen LogP contribution in [-0.4, -0.2) is 29.9 Å². The number of aryl methyl sites for hydroxylation is 1. The number of carbonyl (C=O) groups excluding carboxylic acids is 2. The molecule has 2 amide bonds. The van der Waals surface area contributed by atoms with Crippen molar-refractivity contribution in [2.24, 2.45) is 0 Å². The second-order valence-electron chi connectivity index (χ2n) is 6.37. The molecule has 0 bridgehead atoms. The summed E-state index contributed by atoms with van der Waals surface area (Å²) < 4.78 is 0. The lowest BCUT2D eigenvalue weighted by Gasteiger charge is -2.19. The zero-order chi connectivity index (χ0) is 20.5. The van der Waals surface area contributed by atoms with E-state index in [9.17, 15) is 9.59 Å². The molecule has 0 aromatic heterocycles. The minimum atomic E-state index is -0.665. The van der Waals surface area contributed by atoms with Crippen molar-refractivity contribution in [3.05, 3.63) is 63.6 Å². The maximum Gasteiger partial charge on any atom is 0.253 e. The highest BCUT2D eigenvalue weighted by molar-refractivity contribution is 7.98. The minimum absolute atomic E-state index is 0.250. The highest BCUT2D eigenvalue weighted by Crippen LogP contribution is 2.21. The van der Waals surface area contributed by atoms with Gasteiger partial charge < -0.3 is 10.6 Å². The van der Waals surface area contributed by atoms with Gasteiger partial charge in [0, 0.05) is 10.7 Å². The Morgan fingerprint density at radius 3 is 2.43 bits per heavy atom. The quantitative estimate of drug-likeness (QED) is 0.547. The third-order valence-electron chi connectivity index (χ3n) is 4.17. The molecular weight excluding hydrogens is 415 g/mol. The van der Waals surface area contributed by atoms with Crippen molar-refractivity contribution < 1.29 is 9.59 Å². The molecular formula is C21H24Cl2N2O2S. The van der Waals surface area contributed by atoms with Gasteiger partial charge in [-0.2, -0.15) is 11.8 Å². The molecule has 2 aromatic rings. The Labute approximate surface area is 180 Å². The van der Waals surface area contributed by atoms with E-state index in [1.54, 1.807) is 23.9 Å². The Balaban J connectivity index is 2.08. The van der Waals surface area contributed by atoms with Crippen LogP contribution in [0.4, 0.5) is 5.69 Å². The minimum Gasteiger partial charge on any atom is -0.340 e. The van der Waals surface area contributed by atoms with E-state index in [4.69, 9.17) is 23.2 Å². The standard InChI is InChI=1S/C21H24Cl2N2O2S/c1-3-4-14-5-8-16(9-6-14)24-21(27)19(11-12-28-2)25-20(26)17-10-7-15(22)13-18(17)23/h5-10,13,19H,3-4,11-12H2,1-2H3,(H,24,27)(H,25,26)/t19-/m0/s1. The van der Waals surface area contributed by atoms with Crippen LogP contribution in [0.15, 0.2) is 42.5 Å². The number of nitrogens with one attached hydrogen (secondary N) is 2.